The molecule has 0 atom stereocenters. The van der Waals surface area contributed by atoms with Crippen molar-refractivity contribution in [1.82, 2.24) is 0 Å². The number of benzene rings is 2. The van der Waals surface area contributed by atoms with Crippen LogP contribution in [-0.2, 0) is 12.1 Å². The van der Waals surface area contributed by atoms with Gasteiger partial charge in [-0.3, -0.25) is 4.79 Å². The van der Waals surface area contributed by atoms with Crippen molar-refractivity contribution in [1.29, 1.82) is 0 Å². The van der Waals surface area contributed by atoms with Crippen molar-refractivity contribution in [2.24, 2.45) is 0 Å². The minimum atomic E-state index is -6.49. The molecule has 4 nitrogen and oxygen atoms in total. The fourth-order valence-corrected chi connectivity index (χ4v) is 3.88. The van der Waals surface area contributed by atoms with E-state index in [1.54, 1.807) is 0 Å². The van der Waals surface area contributed by atoms with Crippen LogP contribution in [0.1, 0.15) is 21.5 Å². The lowest BCUT2D eigenvalue weighted by molar-refractivity contribution is -0.577. The zero-order chi connectivity index (χ0) is 26.3. The number of pyridine rings is 1. The Bertz CT molecular complexity index is 1260. The van der Waals surface area contributed by atoms with Crippen molar-refractivity contribution in [3.8, 4) is 5.75 Å². The Labute approximate surface area is 198 Å². The second-order valence-electron chi connectivity index (χ2n) is 7.17. The summed E-state index contributed by atoms with van der Waals surface area (Å²) >= 11 is 2.64. The average Bonchev–Trinajstić information content (AvgIpc) is 2.73. The zero-order valence-corrected chi connectivity index (χ0v) is 18.4. The number of hydrogen-bond acceptors (Lipinski definition) is 3. The summed E-state index contributed by atoms with van der Waals surface area (Å²) in [4.78, 5) is 12.8. The normalized spacial score (nSPS) is 12.9. The average molecular weight is 576 g/mol. The summed E-state index contributed by atoms with van der Waals surface area (Å²) in [6.45, 7) is -3.72. The smallest absolute Gasteiger partial charge is 0.435 e. The Morgan fingerprint density at radius 3 is 2.20 bits per heavy atom. The molecular weight excluding hydrogens is 565 g/mol. The minimum Gasteiger partial charge on any atom is -0.618 e. The molecule has 0 saturated carbocycles. The van der Waals surface area contributed by atoms with E-state index in [-0.39, 0.29) is 23.2 Å². The molecule has 0 aliphatic carbocycles. The SMILES string of the molecule is O=C(Cc1c(Br)cc(C(F)(C(F)(F)F)C(F)(F)F)cc1OC(F)F)c1ccc2c(ccc[n+]2[O-])c1. The highest BCUT2D eigenvalue weighted by atomic mass is 79.9. The maximum absolute atomic E-state index is 14.5. The summed E-state index contributed by atoms with van der Waals surface area (Å²) in [7, 11) is 0. The molecule has 0 bridgehead atoms. The van der Waals surface area contributed by atoms with Gasteiger partial charge in [-0.2, -0.15) is 39.9 Å². The topological polar surface area (TPSA) is 53.2 Å². The van der Waals surface area contributed by atoms with Crippen LogP contribution in [0.15, 0.2) is 53.1 Å². The van der Waals surface area contributed by atoms with Gasteiger partial charge in [-0.1, -0.05) is 15.9 Å². The van der Waals surface area contributed by atoms with Gasteiger partial charge in [0.15, 0.2) is 12.0 Å². The van der Waals surface area contributed by atoms with Crippen LogP contribution in [0.2, 0.25) is 0 Å². The van der Waals surface area contributed by atoms with Crippen molar-refractivity contribution < 1.29 is 53.8 Å². The molecule has 0 aliphatic heterocycles. The summed E-state index contributed by atoms with van der Waals surface area (Å²) in [6.07, 6.45) is -12.6. The highest BCUT2D eigenvalue weighted by Crippen LogP contribution is 2.54. The quantitative estimate of drug-likeness (QED) is 0.145. The Kier molecular flexibility index (Phi) is 6.99. The maximum Gasteiger partial charge on any atom is 0.435 e. The number of ether oxygens (including phenoxy) is 1. The summed E-state index contributed by atoms with van der Waals surface area (Å²) in [5.74, 6) is -2.06. The Morgan fingerprint density at radius 2 is 1.63 bits per heavy atom. The molecule has 0 aliphatic rings. The summed E-state index contributed by atoms with van der Waals surface area (Å²) < 4.78 is 123. The second kappa shape index (κ2) is 9.21. The predicted molar refractivity (Wildman–Crippen MR) is 107 cm³/mol. The molecular formula is C21H11BrF9NO3. The third-order valence-electron chi connectivity index (χ3n) is 4.97. The van der Waals surface area contributed by atoms with Gasteiger partial charge in [-0.15, -0.1) is 0 Å². The molecule has 2 aromatic carbocycles. The molecule has 0 fully saturated rings. The molecule has 0 N–H and O–H groups in total. The first-order valence-electron chi connectivity index (χ1n) is 9.31. The first-order chi connectivity index (χ1) is 16.1. The Balaban J connectivity index is 2.09. The zero-order valence-electron chi connectivity index (χ0n) is 16.9. The van der Waals surface area contributed by atoms with Gasteiger partial charge in [0.25, 0.3) is 0 Å². The van der Waals surface area contributed by atoms with Crippen LogP contribution in [0.25, 0.3) is 10.9 Å². The molecule has 0 spiro atoms. The lowest BCUT2D eigenvalue weighted by Crippen LogP contribution is -2.50. The number of rotatable bonds is 6. The van der Waals surface area contributed by atoms with Crippen molar-refractivity contribution in [3.63, 3.8) is 0 Å². The van der Waals surface area contributed by atoms with E-state index in [2.05, 4.69) is 20.7 Å². The van der Waals surface area contributed by atoms with E-state index in [9.17, 15) is 49.5 Å². The number of alkyl halides is 9. The third kappa shape index (κ3) is 5.02. The molecule has 3 aromatic rings. The van der Waals surface area contributed by atoms with E-state index >= 15 is 0 Å². The minimum absolute atomic E-state index is 0.0481. The van der Waals surface area contributed by atoms with Gasteiger partial charge in [-0.05, 0) is 30.3 Å². The van der Waals surface area contributed by atoms with Crippen LogP contribution in [0.4, 0.5) is 39.5 Å². The first-order valence-corrected chi connectivity index (χ1v) is 10.1. The van der Waals surface area contributed by atoms with E-state index in [0.717, 1.165) is 0 Å². The van der Waals surface area contributed by atoms with E-state index in [0.29, 0.717) is 10.1 Å². The van der Waals surface area contributed by atoms with Crippen LogP contribution in [-0.4, -0.2) is 24.7 Å². The van der Waals surface area contributed by atoms with Crippen LogP contribution in [0.5, 0.6) is 5.75 Å². The van der Waals surface area contributed by atoms with Crippen LogP contribution < -0.4 is 9.47 Å². The molecule has 0 saturated heterocycles. The second-order valence-corrected chi connectivity index (χ2v) is 8.03. The number of ketones is 1. The summed E-state index contributed by atoms with van der Waals surface area (Å²) in [6, 6.07) is 6.60. The number of aromatic nitrogens is 1. The lowest BCUT2D eigenvalue weighted by atomic mass is 9.91. The summed E-state index contributed by atoms with van der Waals surface area (Å²) in [5.41, 5.74) is -8.38. The molecule has 1 aromatic heterocycles. The van der Waals surface area contributed by atoms with Gasteiger partial charge in [0.1, 0.15) is 5.75 Å². The van der Waals surface area contributed by atoms with Crippen molar-refractivity contribution in [2.75, 3.05) is 0 Å². The van der Waals surface area contributed by atoms with E-state index < -0.39 is 58.2 Å². The first kappa shape index (κ1) is 26.6. The number of Topliss-reactive ketones (excluding diaryl/α,β-unsaturated/α-hetero) is 1. The van der Waals surface area contributed by atoms with Crippen LogP contribution in [0, 0.1) is 5.21 Å². The molecule has 1 heterocycles. The third-order valence-corrected chi connectivity index (χ3v) is 5.68. The van der Waals surface area contributed by atoms with Crippen LogP contribution in [0.3, 0.4) is 0 Å². The van der Waals surface area contributed by atoms with Gasteiger partial charge in [0.2, 0.25) is 5.52 Å². The van der Waals surface area contributed by atoms with Crippen LogP contribution >= 0.6 is 15.9 Å². The van der Waals surface area contributed by atoms with E-state index in [1.807, 2.05) is 0 Å². The van der Waals surface area contributed by atoms with Gasteiger partial charge in [-0.25, -0.2) is 4.39 Å². The van der Waals surface area contributed by atoms with E-state index in [4.69, 9.17) is 0 Å². The fraction of sp³-hybridized carbons (Fsp3) is 0.238. The molecule has 0 amide bonds. The number of nitrogens with zero attached hydrogens (tertiary/aromatic N) is 1. The summed E-state index contributed by atoms with van der Waals surface area (Å²) in [5, 5.41) is 12.1. The number of carbonyl (C=O) groups is 1. The highest BCUT2D eigenvalue weighted by Gasteiger charge is 2.73. The Hall–Kier alpha value is -3.03. The number of hydrogen-bond donors (Lipinski definition) is 0. The van der Waals surface area contributed by atoms with Crippen molar-refractivity contribution in [2.45, 2.75) is 31.1 Å². The predicted octanol–water partition coefficient (Wildman–Crippen LogP) is 6.55. The molecule has 35 heavy (non-hydrogen) atoms. The molecule has 0 unspecified atom stereocenters. The molecule has 188 valence electrons. The number of fused-ring (bicyclic) bond motifs is 1. The Morgan fingerprint density at radius 1 is 1.00 bits per heavy atom. The molecule has 3 rings (SSSR count). The van der Waals surface area contributed by atoms with Gasteiger partial charge >= 0.3 is 24.6 Å². The lowest BCUT2D eigenvalue weighted by Gasteiger charge is -2.31. The van der Waals surface area contributed by atoms with Gasteiger partial charge < -0.3 is 9.94 Å². The largest absolute Gasteiger partial charge is 0.618 e. The monoisotopic (exact) mass is 575 g/mol. The number of halogens is 10. The molecule has 14 heteroatoms. The standard InChI is InChI=1S/C21H11BrF9NO3/c22-14-7-12(19(25,20(26,27)28)21(29,30)31)8-17(35-18(23)24)13(14)9-16(33)11-3-4-15-10(6-11)2-1-5-32(15)34/h1-8,18H,9H2. The maximum atomic E-state index is 14.5. The van der Waals surface area contributed by atoms with Gasteiger partial charge in [0.05, 0.1) is 0 Å². The molecule has 0 radical (unpaired) electrons. The van der Waals surface area contributed by atoms with Crippen molar-refractivity contribution >= 4 is 32.6 Å². The van der Waals surface area contributed by atoms with Crippen molar-refractivity contribution in [3.05, 3.63) is 75.0 Å². The highest BCUT2D eigenvalue weighted by molar-refractivity contribution is 9.10. The fourth-order valence-electron chi connectivity index (χ4n) is 3.30. The number of carbonyl (C=O) groups excluding carboxylic acids is 1. The van der Waals surface area contributed by atoms with E-state index in [1.165, 1.54) is 36.5 Å². The van der Waals surface area contributed by atoms with Gasteiger partial charge in [0, 0.05) is 45.1 Å².